The number of nitrogens with zero attached hydrogens (tertiary/aromatic N) is 4. The Kier molecular flexibility index (Phi) is 4.07. The third kappa shape index (κ3) is 2.88. The largest absolute Gasteiger partial charge is 0.329 e. The third-order valence-corrected chi connectivity index (χ3v) is 5.47. The number of amides is 2. The molecule has 2 aromatic rings. The van der Waals surface area contributed by atoms with Gasteiger partial charge in [0.15, 0.2) is 0 Å². The molecule has 1 unspecified atom stereocenters. The van der Waals surface area contributed by atoms with Crippen molar-refractivity contribution in [2.24, 2.45) is 5.41 Å². The van der Waals surface area contributed by atoms with Crippen molar-refractivity contribution in [1.29, 1.82) is 0 Å². The molecule has 3 rings (SSSR count). The Morgan fingerprint density at radius 3 is 2.50 bits per heavy atom. The van der Waals surface area contributed by atoms with E-state index in [9.17, 15) is 4.79 Å². The molecule has 24 heavy (non-hydrogen) atoms. The molecule has 1 N–H and O–H groups in total. The summed E-state index contributed by atoms with van der Waals surface area (Å²) in [5.74, 6) is 0. The number of nitrogens with one attached hydrogen (secondary N) is 1. The molecule has 0 radical (unpaired) electrons. The van der Waals surface area contributed by atoms with Crippen molar-refractivity contribution in [2.75, 3.05) is 6.54 Å². The van der Waals surface area contributed by atoms with E-state index in [0.29, 0.717) is 6.54 Å². The van der Waals surface area contributed by atoms with Crippen molar-refractivity contribution in [2.45, 2.75) is 45.8 Å². The van der Waals surface area contributed by atoms with Crippen LogP contribution in [0.5, 0.6) is 0 Å². The molecule has 6 nitrogen and oxygen atoms in total. The highest BCUT2D eigenvalue weighted by Crippen LogP contribution is 2.46. The van der Waals surface area contributed by atoms with Crippen molar-refractivity contribution in [3.63, 3.8) is 0 Å². The summed E-state index contributed by atoms with van der Waals surface area (Å²) in [6.07, 6.45) is 3.17. The van der Waals surface area contributed by atoms with Crippen LogP contribution in [-0.4, -0.2) is 37.8 Å². The lowest BCUT2D eigenvalue weighted by molar-refractivity contribution is -0.0814. The molecule has 2 heterocycles. The van der Waals surface area contributed by atoms with Gasteiger partial charge in [-0.1, -0.05) is 44.2 Å². The summed E-state index contributed by atoms with van der Waals surface area (Å²) in [5.41, 5.74) is 1.02. The normalized spacial score (nSPS) is 19.4. The summed E-state index contributed by atoms with van der Waals surface area (Å²) in [6.45, 7) is 9.93. The first-order valence-corrected chi connectivity index (χ1v) is 8.27. The second kappa shape index (κ2) is 5.92. The molecule has 1 aromatic heterocycles. The highest BCUT2D eigenvalue weighted by atomic mass is 16.2. The minimum Gasteiger partial charge on any atom is -0.329 e. The van der Waals surface area contributed by atoms with E-state index in [1.807, 2.05) is 35.2 Å². The molecule has 0 spiro atoms. The molecule has 1 atom stereocenters. The Morgan fingerprint density at radius 1 is 1.25 bits per heavy atom. The van der Waals surface area contributed by atoms with E-state index in [4.69, 9.17) is 0 Å². The Morgan fingerprint density at radius 2 is 1.96 bits per heavy atom. The van der Waals surface area contributed by atoms with E-state index in [0.717, 1.165) is 12.1 Å². The molecular weight excluding hydrogens is 302 g/mol. The monoisotopic (exact) mass is 327 g/mol. The molecule has 0 aliphatic carbocycles. The minimum atomic E-state index is -0.161. The van der Waals surface area contributed by atoms with Crippen LogP contribution in [0.3, 0.4) is 0 Å². The SMILES string of the molecule is CC1(C)CN(C(=O)NC(Cn2cncn2)c2ccccc2)C1(C)C. The second-order valence-electron chi connectivity index (χ2n) is 7.56. The van der Waals surface area contributed by atoms with Crippen LogP contribution in [0.2, 0.25) is 0 Å². The first-order chi connectivity index (χ1) is 11.3. The van der Waals surface area contributed by atoms with E-state index >= 15 is 0 Å². The molecule has 6 heteroatoms. The zero-order valence-electron chi connectivity index (χ0n) is 14.7. The number of likely N-dealkylation sites (tertiary alicyclic amines) is 1. The van der Waals surface area contributed by atoms with Crippen LogP contribution in [0.15, 0.2) is 43.0 Å². The number of urea groups is 1. The van der Waals surface area contributed by atoms with Gasteiger partial charge in [0, 0.05) is 17.5 Å². The molecule has 1 aliphatic heterocycles. The fraction of sp³-hybridized carbons (Fsp3) is 0.500. The van der Waals surface area contributed by atoms with Gasteiger partial charge in [-0.2, -0.15) is 5.10 Å². The number of benzene rings is 1. The maximum Gasteiger partial charge on any atom is 0.318 e. The standard InChI is InChI=1S/C18H25N5O/c1-17(2)11-23(18(17,3)4)16(24)21-15(10-22-13-19-12-20-22)14-8-6-5-7-9-14/h5-9,12-13,15H,10-11H2,1-4H3,(H,21,24). The van der Waals surface area contributed by atoms with Crippen LogP contribution in [0.4, 0.5) is 4.79 Å². The van der Waals surface area contributed by atoms with Gasteiger partial charge in [-0.3, -0.25) is 4.68 Å². The van der Waals surface area contributed by atoms with Gasteiger partial charge in [-0.05, 0) is 19.4 Å². The number of aromatic nitrogens is 3. The fourth-order valence-electron chi connectivity index (χ4n) is 3.05. The van der Waals surface area contributed by atoms with Crippen LogP contribution in [0, 0.1) is 5.41 Å². The molecule has 0 saturated carbocycles. The number of rotatable bonds is 4. The predicted molar refractivity (Wildman–Crippen MR) is 92.3 cm³/mol. The van der Waals surface area contributed by atoms with Gasteiger partial charge in [-0.15, -0.1) is 0 Å². The van der Waals surface area contributed by atoms with E-state index in [1.54, 1.807) is 11.0 Å². The highest BCUT2D eigenvalue weighted by Gasteiger charge is 2.54. The quantitative estimate of drug-likeness (QED) is 0.939. The zero-order chi connectivity index (χ0) is 17.4. The predicted octanol–water partition coefficient (Wildman–Crippen LogP) is 2.85. The molecular formula is C18H25N5O. The van der Waals surface area contributed by atoms with Crippen LogP contribution < -0.4 is 5.32 Å². The van der Waals surface area contributed by atoms with Crippen molar-refractivity contribution in [3.05, 3.63) is 48.5 Å². The van der Waals surface area contributed by atoms with Crippen LogP contribution in [0.25, 0.3) is 0 Å². The first-order valence-electron chi connectivity index (χ1n) is 8.27. The van der Waals surface area contributed by atoms with Gasteiger partial charge in [0.1, 0.15) is 12.7 Å². The van der Waals surface area contributed by atoms with Crippen molar-refractivity contribution < 1.29 is 4.79 Å². The van der Waals surface area contributed by atoms with Crippen molar-refractivity contribution in [3.8, 4) is 0 Å². The lowest BCUT2D eigenvalue weighted by Gasteiger charge is -2.61. The Labute approximate surface area is 142 Å². The van der Waals surface area contributed by atoms with E-state index in [-0.39, 0.29) is 23.0 Å². The fourth-order valence-corrected chi connectivity index (χ4v) is 3.05. The molecule has 1 aromatic carbocycles. The molecule has 128 valence electrons. The number of hydrogen-bond donors (Lipinski definition) is 1. The molecule has 1 aliphatic rings. The summed E-state index contributed by atoms with van der Waals surface area (Å²) in [4.78, 5) is 18.7. The number of hydrogen-bond acceptors (Lipinski definition) is 3. The van der Waals surface area contributed by atoms with Gasteiger partial charge < -0.3 is 10.2 Å². The minimum absolute atomic E-state index is 0.0340. The summed E-state index contributed by atoms with van der Waals surface area (Å²) < 4.78 is 1.74. The van der Waals surface area contributed by atoms with Crippen molar-refractivity contribution in [1.82, 2.24) is 25.0 Å². The highest BCUT2D eigenvalue weighted by molar-refractivity contribution is 5.77. The maximum absolute atomic E-state index is 12.8. The zero-order valence-corrected chi connectivity index (χ0v) is 14.7. The first kappa shape index (κ1) is 16.5. The van der Waals surface area contributed by atoms with Gasteiger partial charge in [0.05, 0.1) is 12.6 Å². The summed E-state index contributed by atoms with van der Waals surface area (Å²) in [7, 11) is 0. The van der Waals surface area contributed by atoms with E-state index in [1.165, 1.54) is 6.33 Å². The third-order valence-electron chi connectivity index (χ3n) is 5.47. The summed E-state index contributed by atoms with van der Waals surface area (Å²) >= 11 is 0. The molecule has 1 fully saturated rings. The summed E-state index contributed by atoms with van der Waals surface area (Å²) in [6, 6.07) is 9.78. The molecule has 2 amide bonds. The van der Waals surface area contributed by atoms with Gasteiger partial charge >= 0.3 is 6.03 Å². The van der Waals surface area contributed by atoms with Crippen LogP contribution in [0.1, 0.15) is 39.3 Å². The molecule has 1 saturated heterocycles. The van der Waals surface area contributed by atoms with Crippen LogP contribution >= 0.6 is 0 Å². The Hall–Kier alpha value is -2.37. The average Bonchev–Trinajstić information content (AvgIpc) is 3.06. The van der Waals surface area contributed by atoms with Gasteiger partial charge in [-0.25, -0.2) is 9.78 Å². The van der Waals surface area contributed by atoms with Crippen molar-refractivity contribution >= 4 is 6.03 Å². The lowest BCUT2D eigenvalue weighted by atomic mass is 9.65. The van der Waals surface area contributed by atoms with Gasteiger partial charge in [0.2, 0.25) is 0 Å². The maximum atomic E-state index is 12.8. The smallest absolute Gasteiger partial charge is 0.318 e. The topological polar surface area (TPSA) is 63.1 Å². The average molecular weight is 327 g/mol. The molecule has 0 bridgehead atoms. The number of carbonyl (C=O) groups excluding carboxylic acids is 1. The van der Waals surface area contributed by atoms with Gasteiger partial charge in [0.25, 0.3) is 0 Å². The van der Waals surface area contributed by atoms with E-state index in [2.05, 4.69) is 43.1 Å². The lowest BCUT2D eigenvalue weighted by Crippen LogP contribution is -2.72. The van der Waals surface area contributed by atoms with E-state index < -0.39 is 0 Å². The Bertz CT molecular complexity index is 693. The second-order valence-corrected chi connectivity index (χ2v) is 7.56. The summed E-state index contributed by atoms with van der Waals surface area (Å²) in [5, 5.41) is 7.33. The van der Waals surface area contributed by atoms with Crippen LogP contribution in [-0.2, 0) is 6.54 Å². The Balaban J connectivity index is 1.76. The number of carbonyl (C=O) groups is 1.